The molecule has 0 saturated carbocycles. The fraction of sp³-hybridized carbons (Fsp3) is 0.115. The predicted molar refractivity (Wildman–Crippen MR) is 261 cm³/mol. The molecular weight excluding hydrogens is 807 g/mol. The SMILES string of the molecule is C[Si]1(C)N=c2cccc(N(c3ccc(-c4cccc5c4ccc4ccccc45)c4c3=N[Si](C)(C)N=4)c3ccc(-c4cc5ccccc5c5ccccc45)c4c3=N[Si](C)(C)N=4)c2=N1. The fourth-order valence-corrected chi connectivity index (χ4v) is 14.7. The highest BCUT2D eigenvalue weighted by molar-refractivity contribution is 6.75. The molecular formula is C52H43N7Si3. The molecule has 0 aliphatic carbocycles. The molecule has 9 aromatic carbocycles. The molecule has 3 heterocycles. The van der Waals surface area contributed by atoms with Crippen molar-refractivity contribution < 1.29 is 0 Å². The van der Waals surface area contributed by atoms with Gasteiger partial charge in [-0.25, -0.2) is 0 Å². The highest BCUT2D eigenvalue weighted by atomic mass is 28.4. The van der Waals surface area contributed by atoms with Crippen LogP contribution in [0.1, 0.15) is 0 Å². The summed E-state index contributed by atoms with van der Waals surface area (Å²) in [6, 6.07) is 55.0. The van der Waals surface area contributed by atoms with Gasteiger partial charge in [0, 0.05) is 11.1 Å². The van der Waals surface area contributed by atoms with Gasteiger partial charge in [-0.05, 0) is 136 Å². The van der Waals surface area contributed by atoms with Gasteiger partial charge < -0.3 is 4.90 Å². The van der Waals surface area contributed by atoms with Crippen LogP contribution < -0.4 is 37.0 Å². The molecule has 10 heteroatoms. The first kappa shape index (κ1) is 37.1. The van der Waals surface area contributed by atoms with Crippen molar-refractivity contribution in [2.75, 3.05) is 4.90 Å². The zero-order valence-corrected chi connectivity index (χ0v) is 38.6. The summed E-state index contributed by atoms with van der Waals surface area (Å²) < 4.78 is 32.8. The smallest absolute Gasteiger partial charge is 0.298 e. The summed E-state index contributed by atoms with van der Waals surface area (Å²) in [4.78, 5) is 2.36. The molecule has 0 aromatic heterocycles. The van der Waals surface area contributed by atoms with Gasteiger partial charge in [0.05, 0.1) is 49.2 Å². The molecule has 3 aliphatic rings. The monoisotopic (exact) mass is 849 g/mol. The van der Waals surface area contributed by atoms with Crippen molar-refractivity contribution in [3.63, 3.8) is 0 Å². The average molecular weight is 850 g/mol. The largest absolute Gasteiger partial charge is 0.304 e. The molecule has 0 unspecified atom stereocenters. The summed E-state index contributed by atoms with van der Waals surface area (Å²) in [7, 11) is -7.14. The summed E-state index contributed by atoms with van der Waals surface area (Å²) >= 11 is 0. The molecule has 0 atom stereocenters. The van der Waals surface area contributed by atoms with E-state index in [-0.39, 0.29) is 0 Å². The zero-order valence-electron chi connectivity index (χ0n) is 35.6. The molecule has 0 amide bonds. The Balaban J connectivity index is 1.16. The number of hydrogen-bond donors (Lipinski definition) is 0. The van der Waals surface area contributed by atoms with Crippen LogP contribution in [0.2, 0.25) is 39.3 Å². The molecule has 0 N–H and O–H groups in total. The van der Waals surface area contributed by atoms with Crippen LogP contribution >= 0.6 is 0 Å². The maximum atomic E-state index is 5.59. The number of nitrogens with zero attached hydrogens (tertiary/aromatic N) is 7. The molecule has 0 radical (unpaired) electrons. The van der Waals surface area contributed by atoms with Crippen LogP contribution in [0, 0.1) is 0 Å². The lowest BCUT2D eigenvalue weighted by Gasteiger charge is -2.26. The molecule has 0 bridgehead atoms. The molecule has 7 nitrogen and oxygen atoms in total. The molecule has 62 heavy (non-hydrogen) atoms. The zero-order chi connectivity index (χ0) is 42.1. The third-order valence-electron chi connectivity index (χ3n) is 12.4. The molecule has 12 rings (SSSR count). The van der Waals surface area contributed by atoms with Gasteiger partial charge in [0.1, 0.15) is 0 Å². The van der Waals surface area contributed by atoms with E-state index in [0.717, 1.165) is 71.5 Å². The molecule has 0 fully saturated rings. The van der Waals surface area contributed by atoms with Crippen molar-refractivity contribution in [1.82, 2.24) is 0 Å². The third-order valence-corrected chi connectivity index (χ3v) is 17.1. The van der Waals surface area contributed by atoms with E-state index in [0.29, 0.717) is 0 Å². The summed E-state index contributed by atoms with van der Waals surface area (Å²) in [5, 5.41) is 15.4. The van der Waals surface area contributed by atoms with Crippen molar-refractivity contribution in [3.05, 3.63) is 184 Å². The topological polar surface area (TPSA) is 77.4 Å². The molecule has 298 valence electrons. The number of anilines is 3. The lowest BCUT2D eigenvalue weighted by molar-refractivity contribution is 1.17. The lowest BCUT2D eigenvalue weighted by atomic mass is 9.92. The Morgan fingerprint density at radius 3 is 1.45 bits per heavy atom. The van der Waals surface area contributed by atoms with Crippen LogP contribution in [0.25, 0.3) is 65.3 Å². The molecule has 9 aromatic rings. The quantitative estimate of drug-likeness (QED) is 0.126. The van der Waals surface area contributed by atoms with Crippen LogP contribution in [0.4, 0.5) is 17.1 Å². The van der Waals surface area contributed by atoms with Crippen LogP contribution in [-0.4, -0.2) is 25.2 Å². The average Bonchev–Trinajstić information content (AvgIpc) is 3.90. The minimum atomic E-state index is -2.44. The van der Waals surface area contributed by atoms with Gasteiger partial charge in [0.2, 0.25) is 0 Å². The van der Waals surface area contributed by atoms with E-state index in [4.69, 9.17) is 27.9 Å². The van der Waals surface area contributed by atoms with Gasteiger partial charge in [-0.1, -0.05) is 109 Å². The highest BCUT2D eigenvalue weighted by Gasteiger charge is 2.33. The maximum Gasteiger partial charge on any atom is 0.298 e. The Morgan fingerprint density at radius 2 is 0.774 bits per heavy atom. The normalized spacial score (nSPS) is 16.1. The Bertz CT molecular complexity index is 3880. The Labute approximate surface area is 361 Å². The number of hydrogen-bond acceptors (Lipinski definition) is 7. The lowest BCUT2D eigenvalue weighted by Crippen LogP contribution is -2.38. The Hall–Kier alpha value is -6.73. The standard InChI is InChI=1S/C52H43N7Si3/c1-60(2)53-44-23-14-24-45(50(44)56-60)59(46-29-27-41(48-51(46)57-61(3,4)54-48)38-22-13-21-37-34-17-9-7-15-32(34)25-26-40(37)38)47-30-28-42(49-52(47)58-62(5,6)55-49)43-31-33-16-8-10-18-35(33)36-19-11-12-20-39(36)43/h7-31H,1-6H3. The maximum absolute atomic E-state index is 5.59. The number of fused-ring (bicyclic) bond motifs is 9. The van der Waals surface area contributed by atoms with Gasteiger partial charge in [0.25, 0.3) is 25.2 Å². The van der Waals surface area contributed by atoms with Crippen molar-refractivity contribution in [1.29, 1.82) is 0 Å². The molecule has 0 saturated heterocycles. The van der Waals surface area contributed by atoms with Crippen molar-refractivity contribution in [2.24, 2.45) is 27.9 Å². The minimum absolute atomic E-state index is 0.908. The Morgan fingerprint density at radius 1 is 0.306 bits per heavy atom. The first-order valence-electron chi connectivity index (χ1n) is 21.4. The van der Waals surface area contributed by atoms with Crippen LogP contribution in [0.15, 0.2) is 180 Å². The van der Waals surface area contributed by atoms with Gasteiger partial charge in [-0.2, -0.15) is 0 Å². The number of benzene rings is 9. The van der Waals surface area contributed by atoms with Crippen molar-refractivity contribution >= 4 is 85.3 Å². The summed E-state index contributed by atoms with van der Waals surface area (Å²) in [6.45, 7) is 13.3. The second kappa shape index (κ2) is 13.1. The van der Waals surface area contributed by atoms with E-state index in [1.54, 1.807) is 0 Å². The van der Waals surface area contributed by atoms with E-state index >= 15 is 0 Å². The van der Waals surface area contributed by atoms with Gasteiger partial charge >= 0.3 is 0 Å². The van der Waals surface area contributed by atoms with E-state index in [1.807, 2.05) is 0 Å². The van der Waals surface area contributed by atoms with E-state index < -0.39 is 25.2 Å². The minimum Gasteiger partial charge on any atom is -0.304 e. The van der Waals surface area contributed by atoms with E-state index in [2.05, 4.69) is 196 Å². The summed E-state index contributed by atoms with van der Waals surface area (Å²) in [5.74, 6) is 0. The van der Waals surface area contributed by atoms with Gasteiger partial charge in [-0.3, -0.25) is 27.9 Å². The Kier molecular flexibility index (Phi) is 7.85. The summed E-state index contributed by atoms with van der Waals surface area (Å²) in [6.07, 6.45) is 0. The fourth-order valence-electron chi connectivity index (χ4n) is 9.96. The van der Waals surface area contributed by atoms with Crippen LogP contribution in [0.5, 0.6) is 0 Å². The first-order valence-corrected chi connectivity index (χ1v) is 30.1. The molecule has 3 aliphatic heterocycles. The van der Waals surface area contributed by atoms with Crippen LogP contribution in [-0.2, 0) is 0 Å². The second-order valence-electron chi connectivity index (χ2n) is 18.2. The van der Waals surface area contributed by atoms with Gasteiger partial charge in [-0.15, -0.1) is 0 Å². The molecule has 0 spiro atoms. The van der Waals surface area contributed by atoms with Gasteiger partial charge in [0.15, 0.2) is 0 Å². The number of rotatable bonds is 5. The van der Waals surface area contributed by atoms with Crippen molar-refractivity contribution in [3.8, 4) is 22.3 Å². The van der Waals surface area contributed by atoms with E-state index in [9.17, 15) is 0 Å². The second-order valence-corrected chi connectivity index (χ2v) is 28.5. The highest BCUT2D eigenvalue weighted by Crippen LogP contribution is 2.37. The van der Waals surface area contributed by atoms with Crippen LogP contribution in [0.3, 0.4) is 0 Å². The summed E-state index contributed by atoms with van der Waals surface area (Å²) in [5.41, 5.74) is 7.38. The van der Waals surface area contributed by atoms with Crippen molar-refractivity contribution in [2.45, 2.75) is 39.3 Å². The third kappa shape index (κ3) is 5.74. The first-order chi connectivity index (χ1) is 29.9. The van der Waals surface area contributed by atoms with E-state index in [1.165, 1.54) is 43.1 Å². The predicted octanol–water partition coefficient (Wildman–Crippen LogP) is 9.97.